The molecule has 0 saturated carbocycles. The number of likely N-dealkylation sites (tertiary alicyclic amines) is 1. The van der Waals surface area contributed by atoms with Crippen LogP contribution < -0.4 is 5.32 Å². The number of carbonyl (C=O) groups is 3. The number of hydrogen-bond acceptors (Lipinski definition) is 6. The highest BCUT2D eigenvalue weighted by Gasteiger charge is 2.69. The van der Waals surface area contributed by atoms with Crippen molar-refractivity contribution in [2.24, 2.45) is 11.8 Å². The van der Waals surface area contributed by atoms with Crippen molar-refractivity contribution in [1.82, 2.24) is 19.8 Å². The summed E-state index contributed by atoms with van der Waals surface area (Å²) < 4.78 is 7.04. The molecule has 2 aromatic rings. The number of amides is 2. The zero-order valence-electron chi connectivity index (χ0n) is 16.0. The van der Waals surface area contributed by atoms with Crippen molar-refractivity contribution in [2.75, 3.05) is 14.2 Å². The SMILES string of the molecule is CCn1ccnc1[C@H]1N[C@](C(=O)OC)(c2ccccc2)[C@H]2C(=O)N(C)C(=O)[C@@H]12. The number of hydrogen-bond donors (Lipinski definition) is 1. The average Bonchev–Trinajstić information content (AvgIpc) is 3.39. The third kappa shape index (κ3) is 2.27. The number of fused-ring (bicyclic) bond motifs is 1. The third-order valence-electron chi connectivity index (χ3n) is 5.88. The average molecular weight is 382 g/mol. The van der Waals surface area contributed by atoms with Crippen molar-refractivity contribution in [3.05, 3.63) is 54.1 Å². The quantitative estimate of drug-likeness (QED) is 0.622. The number of ether oxygens (including phenoxy) is 1. The molecule has 3 heterocycles. The molecule has 4 atom stereocenters. The van der Waals surface area contributed by atoms with E-state index in [9.17, 15) is 14.4 Å². The van der Waals surface area contributed by atoms with Crippen LogP contribution in [-0.2, 0) is 31.2 Å². The zero-order chi connectivity index (χ0) is 20.1. The minimum Gasteiger partial charge on any atom is -0.467 e. The van der Waals surface area contributed by atoms with E-state index < -0.39 is 35.3 Å². The van der Waals surface area contributed by atoms with E-state index in [0.29, 0.717) is 17.9 Å². The lowest BCUT2D eigenvalue weighted by Crippen LogP contribution is -2.53. The summed E-state index contributed by atoms with van der Waals surface area (Å²) in [6.07, 6.45) is 3.47. The molecule has 8 heteroatoms. The van der Waals surface area contributed by atoms with E-state index in [0.717, 1.165) is 4.90 Å². The molecule has 0 radical (unpaired) electrons. The molecule has 28 heavy (non-hydrogen) atoms. The van der Waals surface area contributed by atoms with Crippen molar-refractivity contribution in [1.29, 1.82) is 0 Å². The lowest BCUT2D eigenvalue weighted by molar-refractivity contribution is -0.154. The van der Waals surface area contributed by atoms with Gasteiger partial charge in [-0.15, -0.1) is 0 Å². The summed E-state index contributed by atoms with van der Waals surface area (Å²) in [5, 5.41) is 3.31. The lowest BCUT2D eigenvalue weighted by Gasteiger charge is -2.32. The molecule has 8 nitrogen and oxygen atoms in total. The number of methoxy groups -OCH3 is 1. The van der Waals surface area contributed by atoms with Crippen LogP contribution in [0.2, 0.25) is 0 Å². The lowest BCUT2D eigenvalue weighted by atomic mass is 9.75. The molecular weight excluding hydrogens is 360 g/mol. The summed E-state index contributed by atoms with van der Waals surface area (Å²) in [5.74, 6) is -2.34. The Hall–Kier alpha value is -3.00. The number of rotatable bonds is 4. The molecule has 2 aliphatic heterocycles. The first-order valence-corrected chi connectivity index (χ1v) is 9.21. The molecule has 2 saturated heterocycles. The third-order valence-corrected chi connectivity index (χ3v) is 5.88. The molecule has 2 fully saturated rings. The van der Waals surface area contributed by atoms with Crippen molar-refractivity contribution in [2.45, 2.75) is 25.0 Å². The normalized spacial score (nSPS) is 29.2. The van der Waals surface area contributed by atoms with Crippen LogP contribution >= 0.6 is 0 Å². The molecule has 0 unspecified atom stereocenters. The van der Waals surface area contributed by atoms with Gasteiger partial charge >= 0.3 is 5.97 Å². The van der Waals surface area contributed by atoms with Crippen molar-refractivity contribution >= 4 is 17.8 Å². The number of nitrogens with one attached hydrogen (secondary N) is 1. The number of carbonyl (C=O) groups excluding carboxylic acids is 3. The Bertz CT molecular complexity index is 941. The largest absolute Gasteiger partial charge is 0.467 e. The number of esters is 1. The summed E-state index contributed by atoms with van der Waals surface area (Å²) in [6.45, 7) is 2.62. The van der Waals surface area contributed by atoms with E-state index in [4.69, 9.17) is 4.74 Å². The van der Waals surface area contributed by atoms with E-state index in [1.807, 2.05) is 23.8 Å². The van der Waals surface area contributed by atoms with Gasteiger partial charge < -0.3 is 9.30 Å². The van der Waals surface area contributed by atoms with Gasteiger partial charge in [-0.2, -0.15) is 0 Å². The second kappa shape index (κ2) is 6.56. The van der Waals surface area contributed by atoms with Crippen LogP contribution in [0.4, 0.5) is 0 Å². The Kier molecular flexibility index (Phi) is 4.30. The molecule has 1 N–H and O–H groups in total. The molecule has 146 valence electrons. The Morgan fingerprint density at radius 1 is 1.25 bits per heavy atom. The summed E-state index contributed by atoms with van der Waals surface area (Å²) in [6, 6.07) is 8.36. The van der Waals surface area contributed by atoms with Crippen molar-refractivity contribution in [3.8, 4) is 0 Å². The molecule has 4 rings (SSSR count). The van der Waals surface area contributed by atoms with Crippen LogP contribution in [0.15, 0.2) is 42.7 Å². The van der Waals surface area contributed by atoms with E-state index in [-0.39, 0.29) is 5.91 Å². The smallest absolute Gasteiger partial charge is 0.331 e. The van der Waals surface area contributed by atoms with Crippen LogP contribution in [0.1, 0.15) is 24.4 Å². The number of imide groups is 1. The molecule has 1 aromatic heterocycles. The second-order valence-corrected chi connectivity index (χ2v) is 7.10. The van der Waals surface area contributed by atoms with Gasteiger partial charge in [0.15, 0.2) is 5.54 Å². The standard InChI is InChI=1S/C20H22N4O4/c1-4-24-11-10-21-16(24)15-13-14(18(26)23(2)17(13)25)20(22-15,19(27)28-3)12-8-6-5-7-9-12/h5-11,13-15,22H,4H2,1-3H3/t13-,14-,15+,20-/m1/s1. The van der Waals surface area contributed by atoms with Crippen LogP contribution in [-0.4, -0.2) is 46.4 Å². The Labute approximate surface area is 162 Å². The molecule has 0 bridgehead atoms. The van der Waals surface area contributed by atoms with Crippen molar-refractivity contribution in [3.63, 3.8) is 0 Å². The Morgan fingerprint density at radius 2 is 1.96 bits per heavy atom. The van der Waals surface area contributed by atoms with Gasteiger partial charge in [-0.25, -0.2) is 9.78 Å². The summed E-state index contributed by atoms with van der Waals surface area (Å²) in [7, 11) is 2.74. The first-order valence-electron chi connectivity index (χ1n) is 9.21. The highest BCUT2D eigenvalue weighted by atomic mass is 16.5. The van der Waals surface area contributed by atoms with Gasteiger partial charge in [0.25, 0.3) is 0 Å². The van der Waals surface area contributed by atoms with E-state index in [2.05, 4.69) is 10.3 Å². The van der Waals surface area contributed by atoms with Crippen LogP contribution in [0.3, 0.4) is 0 Å². The Balaban J connectivity index is 1.96. The minimum absolute atomic E-state index is 0.320. The second-order valence-electron chi connectivity index (χ2n) is 7.10. The number of nitrogens with zero attached hydrogens (tertiary/aromatic N) is 3. The van der Waals surface area contributed by atoms with Crippen molar-refractivity contribution < 1.29 is 19.1 Å². The maximum Gasteiger partial charge on any atom is 0.331 e. The number of aryl methyl sites for hydroxylation is 1. The van der Waals surface area contributed by atoms with E-state index in [1.165, 1.54) is 14.2 Å². The van der Waals surface area contributed by atoms with Crippen LogP contribution in [0.25, 0.3) is 0 Å². The van der Waals surface area contributed by atoms with E-state index >= 15 is 0 Å². The predicted molar refractivity (Wildman–Crippen MR) is 98.7 cm³/mol. The fourth-order valence-corrected chi connectivity index (χ4v) is 4.57. The number of imidazole rings is 1. The monoisotopic (exact) mass is 382 g/mol. The molecule has 2 amide bonds. The summed E-state index contributed by atoms with van der Waals surface area (Å²) in [5.41, 5.74) is -0.877. The first-order chi connectivity index (χ1) is 13.5. The molecule has 0 spiro atoms. The van der Waals surface area contributed by atoms with Gasteiger partial charge in [0.2, 0.25) is 11.8 Å². The highest BCUT2D eigenvalue weighted by molar-refractivity contribution is 6.09. The predicted octanol–water partition coefficient (Wildman–Crippen LogP) is 0.847. The minimum atomic E-state index is -1.46. The van der Waals surface area contributed by atoms with Gasteiger partial charge in [0.1, 0.15) is 5.82 Å². The van der Waals surface area contributed by atoms with Crippen LogP contribution in [0.5, 0.6) is 0 Å². The topological polar surface area (TPSA) is 93.5 Å². The first kappa shape index (κ1) is 18.4. The maximum absolute atomic E-state index is 13.1. The Morgan fingerprint density at radius 3 is 2.61 bits per heavy atom. The molecule has 1 aromatic carbocycles. The fraction of sp³-hybridized carbons (Fsp3) is 0.400. The van der Waals surface area contributed by atoms with Gasteiger partial charge in [-0.3, -0.25) is 19.8 Å². The van der Waals surface area contributed by atoms with E-state index in [1.54, 1.807) is 30.5 Å². The van der Waals surface area contributed by atoms with Gasteiger partial charge in [-0.05, 0) is 12.5 Å². The molecule has 0 aliphatic carbocycles. The fourth-order valence-electron chi connectivity index (χ4n) is 4.57. The van der Waals surface area contributed by atoms with Gasteiger partial charge in [-0.1, -0.05) is 30.3 Å². The summed E-state index contributed by atoms with van der Waals surface area (Å²) >= 11 is 0. The highest BCUT2D eigenvalue weighted by Crippen LogP contribution is 2.52. The maximum atomic E-state index is 13.1. The molecular formula is C20H22N4O4. The summed E-state index contributed by atoms with van der Waals surface area (Å²) in [4.78, 5) is 44.8. The molecule has 2 aliphatic rings. The van der Waals surface area contributed by atoms with Crippen LogP contribution in [0, 0.1) is 11.8 Å². The number of aromatic nitrogens is 2. The number of benzene rings is 1. The van der Waals surface area contributed by atoms with Gasteiger partial charge in [0, 0.05) is 26.0 Å². The van der Waals surface area contributed by atoms with Gasteiger partial charge in [0.05, 0.1) is 25.0 Å². The zero-order valence-corrected chi connectivity index (χ0v) is 16.0.